The highest BCUT2D eigenvalue weighted by atomic mass is 16.2. The van der Waals surface area contributed by atoms with E-state index in [4.69, 9.17) is 0 Å². The Morgan fingerprint density at radius 1 is 1.20 bits per heavy atom. The number of rotatable bonds is 1. The summed E-state index contributed by atoms with van der Waals surface area (Å²) in [5.74, 6) is 5.89. The average molecular weight is 205 g/mol. The van der Waals surface area contributed by atoms with Gasteiger partial charge in [0.2, 0.25) is 11.8 Å². The zero-order valence-corrected chi connectivity index (χ0v) is 8.71. The Kier molecular flexibility index (Phi) is 3.05. The number of imide groups is 1. The highest BCUT2D eigenvalue weighted by Gasteiger charge is 2.35. The molecule has 3 nitrogen and oxygen atoms in total. The highest BCUT2D eigenvalue weighted by molar-refractivity contribution is 6.03. The summed E-state index contributed by atoms with van der Waals surface area (Å²) in [4.78, 5) is 22.6. The number of hydrogen-bond donors (Lipinski definition) is 1. The summed E-state index contributed by atoms with van der Waals surface area (Å²) in [6.45, 7) is 0. The number of hydrogen-bond acceptors (Lipinski definition) is 2. The Morgan fingerprint density at radius 2 is 2.07 bits per heavy atom. The molecule has 2 unspecified atom stereocenters. The zero-order chi connectivity index (χ0) is 10.7. The second-order valence-electron chi connectivity index (χ2n) is 4.25. The van der Waals surface area contributed by atoms with Crippen LogP contribution in [0.3, 0.4) is 0 Å². The van der Waals surface area contributed by atoms with Crippen molar-refractivity contribution in [3.05, 3.63) is 0 Å². The fraction of sp³-hybridized carbons (Fsp3) is 0.667. The maximum Gasteiger partial charge on any atom is 0.231 e. The molecule has 1 aliphatic carbocycles. The molecule has 80 valence electrons. The monoisotopic (exact) mass is 205 g/mol. The molecule has 0 spiro atoms. The molecule has 0 saturated carbocycles. The lowest BCUT2D eigenvalue weighted by molar-refractivity contribution is -0.126. The van der Waals surface area contributed by atoms with Gasteiger partial charge in [-0.3, -0.25) is 14.9 Å². The lowest BCUT2D eigenvalue weighted by atomic mass is 9.85. The van der Waals surface area contributed by atoms with Crippen molar-refractivity contribution >= 4 is 11.8 Å². The normalized spacial score (nSPS) is 31.2. The first-order valence-electron chi connectivity index (χ1n) is 5.59. The molecule has 1 aliphatic heterocycles. The number of carbonyl (C=O) groups excluding carboxylic acids is 2. The molecule has 15 heavy (non-hydrogen) atoms. The van der Waals surface area contributed by atoms with Crippen molar-refractivity contribution in [2.45, 2.75) is 38.5 Å². The maximum atomic E-state index is 11.5. The van der Waals surface area contributed by atoms with Gasteiger partial charge in [-0.25, -0.2) is 0 Å². The van der Waals surface area contributed by atoms with Crippen LogP contribution in [-0.2, 0) is 9.59 Å². The minimum Gasteiger partial charge on any atom is -0.296 e. The van der Waals surface area contributed by atoms with Gasteiger partial charge in [0.1, 0.15) is 0 Å². The lowest BCUT2D eigenvalue weighted by Crippen LogP contribution is -2.25. The Hall–Kier alpha value is -1.30. The molecule has 1 heterocycles. The van der Waals surface area contributed by atoms with Gasteiger partial charge in [0.05, 0.1) is 5.92 Å². The first kappa shape index (κ1) is 10.2. The quantitative estimate of drug-likeness (QED) is 0.517. The molecule has 1 saturated heterocycles. The van der Waals surface area contributed by atoms with Crippen molar-refractivity contribution in [2.24, 2.45) is 11.8 Å². The van der Waals surface area contributed by atoms with Crippen LogP contribution in [0.5, 0.6) is 0 Å². The first-order valence-corrected chi connectivity index (χ1v) is 5.59. The van der Waals surface area contributed by atoms with Crippen LogP contribution in [0.25, 0.3) is 0 Å². The Balaban J connectivity index is 2.07. The Bertz CT molecular complexity index is 337. The van der Waals surface area contributed by atoms with Gasteiger partial charge in [-0.05, 0) is 12.8 Å². The molecule has 3 heteroatoms. The van der Waals surface area contributed by atoms with Crippen LogP contribution in [0.1, 0.15) is 38.5 Å². The van der Waals surface area contributed by atoms with E-state index in [1.807, 2.05) is 0 Å². The van der Waals surface area contributed by atoms with Gasteiger partial charge >= 0.3 is 0 Å². The van der Waals surface area contributed by atoms with Gasteiger partial charge in [0, 0.05) is 18.8 Å². The second-order valence-corrected chi connectivity index (χ2v) is 4.25. The third-order valence-corrected chi connectivity index (χ3v) is 3.09. The summed E-state index contributed by atoms with van der Waals surface area (Å²) in [5, 5.41) is 2.35. The van der Waals surface area contributed by atoms with Crippen molar-refractivity contribution in [1.29, 1.82) is 0 Å². The van der Waals surface area contributed by atoms with Crippen molar-refractivity contribution in [1.82, 2.24) is 5.32 Å². The molecule has 0 aromatic carbocycles. The summed E-state index contributed by atoms with van der Waals surface area (Å²) in [6, 6.07) is 0. The van der Waals surface area contributed by atoms with Crippen LogP contribution in [-0.4, -0.2) is 11.8 Å². The standard InChI is InChI=1S/C12H15NO2/c14-11-8-10(12(15)13-11)9-6-4-2-1-3-5-7-9/h9-10H,1-4,6,8H2,(H,13,14,15). The molecular weight excluding hydrogens is 190 g/mol. The number of carbonyl (C=O) groups is 2. The van der Waals surface area contributed by atoms with Crippen molar-refractivity contribution in [2.75, 3.05) is 0 Å². The smallest absolute Gasteiger partial charge is 0.231 e. The van der Waals surface area contributed by atoms with Gasteiger partial charge in [0.15, 0.2) is 0 Å². The third kappa shape index (κ3) is 2.38. The van der Waals surface area contributed by atoms with Crippen LogP contribution in [0.2, 0.25) is 0 Å². The van der Waals surface area contributed by atoms with E-state index in [-0.39, 0.29) is 23.7 Å². The average Bonchev–Trinajstić information content (AvgIpc) is 2.45. The molecule has 2 rings (SSSR count). The molecule has 2 amide bonds. The molecule has 0 radical (unpaired) electrons. The fourth-order valence-electron chi connectivity index (χ4n) is 2.23. The van der Waals surface area contributed by atoms with E-state index >= 15 is 0 Å². The second kappa shape index (κ2) is 4.48. The van der Waals surface area contributed by atoms with Gasteiger partial charge in [-0.15, -0.1) is 5.92 Å². The SMILES string of the molecule is O=C1CC(C2C#CCCCCC2)C(=O)N1. The largest absolute Gasteiger partial charge is 0.296 e. The summed E-state index contributed by atoms with van der Waals surface area (Å²) >= 11 is 0. The van der Waals surface area contributed by atoms with Crippen LogP contribution in [0, 0.1) is 23.7 Å². The Morgan fingerprint density at radius 3 is 2.80 bits per heavy atom. The minimum atomic E-state index is -0.192. The molecule has 1 N–H and O–H groups in total. The van der Waals surface area contributed by atoms with E-state index in [9.17, 15) is 9.59 Å². The van der Waals surface area contributed by atoms with Gasteiger partial charge in [-0.2, -0.15) is 0 Å². The van der Waals surface area contributed by atoms with Crippen LogP contribution < -0.4 is 5.32 Å². The minimum absolute atomic E-state index is 0.0942. The summed E-state index contributed by atoms with van der Waals surface area (Å²) in [6.07, 6.45) is 5.69. The van der Waals surface area contributed by atoms with Crippen LogP contribution in [0.4, 0.5) is 0 Å². The summed E-state index contributed by atoms with van der Waals surface area (Å²) in [5.41, 5.74) is 0. The van der Waals surface area contributed by atoms with Crippen molar-refractivity contribution < 1.29 is 9.59 Å². The topological polar surface area (TPSA) is 46.2 Å². The molecule has 1 fully saturated rings. The summed E-state index contributed by atoms with van der Waals surface area (Å²) in [7, 11) is 0. The molecular formula is C12H15NO2. The van der Waals surface area contributed by atoms with E-state index in [1.54, 1.807) is 0 Å². The summed E-state index contributed by atoms with van der Waals surface area (Å²) < 4.78 is 0. The van der Waals surface area contributed by atoms with E-state index in [1.165, 1.54) is 6.42 Å². The first-order chi connectivity index (χ1) is 7.27. The van der Waals surface area contributed by atoms with E-state index < -0.39 is 0 Å². The highest BCUT2D eigenvalue weighted by Crippen LogP contribution is 2.26. The van der Waals surface area contributed by atoms with Gasteiger partial charge in [0.25, 0.3) is 0 Å². The van der Waals surface area contributed by atoms with E-state index in [2.05, 4.69) is 17.2 Å². The predicted octanol–water partition coefficient (Wildman–Crippen LogP) is 1.23. The van der Waals surface area contributed by atoms with Crippen LogP contribution in [0.15, 0.2) is 0 Å². The molecule has 0 aromatic rings. The molecule has 0 bridgehead atoms. The Labute approximate surface area is 89.6 Å². The van der Waals surface area contributed by atoms with Gasteiger partial charge < -0.3 is 0 Å². The predicted molar refractivity (Wildman–Crippen MR) is 55.6 cm³/mol. The van der Waals surface area contributed by atoms with E-state index in [0.29, 0.717) is 6.42 Å². The zero-order valence-electron chi connectivity index (χ0n) is 8.71. The van der Waals surface area contributed by atoms with Crippen molar-refractivity contribution in [3.63, 3.8) is 0 Å². The van der Waals surface area contributed by atoms with Crippen molar-refractivity contribution in [3.8, 4) is 11.8 Å². The molecule has 0 aromatic heterocycles. The fourth-order valence-corrected chi connectivity index (χ4v) is 2.23. The maximum absolute atomic E-state index is 11.5. The number of nitrogens with one attached hydrogen (secondary N) is 1. The number of amides is 2. The van der Waals surface area contributed by atoms with E-state index in [0.717, 1.165) is 25.7 Å². The molecule has 2 aliphatic rings. The van der Waals surface area contributed by atoms with Gasteiger partial charge in [-0.1, -0.05) is 18.8 Å². The third-order valence-electron chi connectivity index (χ3n) is 3.09. The van der Waals surface area contributed by atoms with Crippen LogP contribution >= 0.6 is 0 Å². The molecule has 2 atom stereocenters. The lowest BCUT2D eigenvalue weighted by Gasteiger charge is -2.16.